The van der Waals surface area contributed by atoms with E-state index in [0.29, 0.717) is 5.65 Å². The van der Waals surface area contributed by atoms with Crippen LogP contribution in [0.3, 0.4) is 0 Å². The van der Waals surface area contributed by atoms with Gasteiger partial charge in [0.2, 0.25) is 0 Å². The average molecular weight is 261 g/mol. The number of aromatic nitrogens is 5. The standard InChI is InChI=1S/C12H19N7/c1-18(2)12(5-3-4-6-12)9-14-10-7-13-8-11-15-16-17-19(10)11/h7-8,14H,3-6,9H2,1-2H3. The fourth-order valence-electron chi connectivity index (χ4n) is 2.87. The Morgan fingerprint density at radius 2 is 2.11 bits per heavy atom. The Morgan fingerprint density at radius 1 is 1.32 bits per heavy atom. The molecule has 0 radical (unpaired) electrons. The summed E-state index contributed by atoms with van der Waals surface area (Å²) in [6.45, 7) is 0.890. The monoisotopic (exact) mass is 261 g/mol. The lowest BCUT2D eigenvalue weighted by Crippen LogP contribution is -2.47. The first-order valence-corrected chi connectivity index (χ1v) is 6.65. The first-order chi connectivity index (χ1) is 9.21. The SMILES string of the molecule is CN(C)C1(CNc2cncc3nnnn23)CCCC1. The molecule has 0 atom stereocenters. The predicted molar refractivity (Wildman–Crippen MR) is 72.0 cm³/mol. The molecule has 102 valence electrons. The van der Waals surface area contributed by atoms with E-state index < -0.39 is 0 Å². The van der Waals surface area contributed by atoms with Crippen LogP contribution in [0.1, 0.15) is 25.7 Å². The van der Waals surface area contributed by atoms with Gasteiger partial charge in [-0.15, -0.1) is 5.10 Å². The molecule has 0 amide bonds. The van der Waals surface area contributed by atoms with Crippen molar-refractivity contribution in [3.05, 3.63) is 12.4 Å². The molecule has 0 bridgehead atoms. The highest BCUT2D eigenvalue weighted by Gasteiger charge is 2.35. The van der Waals surface area contributed by atoms with Crippen LogP contribution in [0.5, 0.6) is 0 Å². The topological polar surface area (TPSA) is 71.2 Å². The summed E-state index contributed by atoms with van der Waals surface area (Å²) >= 11 is 0. The lowest BCUT2D eigenvalue weighted by molar-refractivity contribution is 0.172. The molecular weight excluding hydrogens is 242 g/mol. The molecule has 2 heterocycles. The summed E-state index contributed by atoms with van der Waals surface area (Å²) in [5.74, 6) is 0.843. The molecule has 19 heavy (non-hydrogen) atoms. The van der Waals surface area contributed by atoms with Gasteiger partial charge in [0.15, 0.2) is 5.65 Å². The number of rotatable bonds is 4. The van der Waals surface area contributed by atoms with E-state index >= 15 is 0 Å². The first kappa shape index (κ1) is 12.3. The van der Waals surface area contributed by atoms with Crippen molar-refractivity contribution < 1.29 is 0 Å². The molecular formula is C12H19N7. The highest BCUT2D eigenvalue weighted by molar-refractivity contribution is 5.43. The molecule has 1 fully saturated rings. The third-order valence-corrected chi connectivity index (χ3v) is 4.19. The van der Waals surface area contributed by atoms with Gasteiger partial charge in [0.05, 0.1) is 12.4 Å². The molecule has 1 N–H and O–H groups in total. The van der Waals surface area contributed by atoms with Crippen LogP contribution in [0.15, 0.2) is 12.4 Å². The van der Waals surface area contributed by atoms with Gasteiger partial charge in [-0.05, 0) is 37.4 Å². The molecule has 1 aliphatic rings. The predicted octanol–water partition coefficient (Wildman–Crippen LogP) is 0.806. The summed E-state index contributed by atoms with van der Waals surface area (Å²) in [4.78, 5) is 6.49. The maximum Gasteiger partial charge on any atom is 0.199 e. The highest BCUT2D eigenvalue weighted by Crippen LogP contribution is 2.33. The van der Waals surface area contributed by atoms with Crippen molar-refractivity contribution in [2.75, 3.05) is 26.0 Å². The largest absolute Gasteiger partial charge is 0.367 e. The lowest BCUT2D eigenvalue weighted by atomic mass is 9.96. The smallest absolute Gasteiger partial charge is 0.199 e. The third kappa shape index (κ3) is 2.14. The number of hydrogen-bond acceptors (Lipinski definition) is 6. The number of fused-ring (bicyclic) bond motifs is 1. The van der Waals surface area contributed by atoms with Gasteiger partial charge in [-0.2, -0.15) is 4.52 Å². The van der Waals surface area contributed by atoms with Crippen LogP contribution in [-0.2, 0) is 0 Å². The second kappa shape index (κ2) is 4.73. The van der Waals surface area contributed by atoms with E-state index in [1.54, 1.807) is 16.9 Å². The van der Waals surface area contributed by atoms with Crippen molar-refractivity contribution >= 4 is 11.5 Å². The number of tetrazole rings is 1. The van der Waals surface area contributed by atoms with Gasteiger partial charge in [0.25, 0.3) is 0 Å². The van der Waals surface area contributed by atoms with E-state index in [9.17, 15) is 0 Å². The van der Waals surface area contributed by atoms with E-state index in [4.69, 9.17) is 0 Å². The van der Waals surface area contributed by atoms with Crippen LogP contribution in [0, 0.1) is 0 Å². The Labute approximate surface area is 112 Å². The summed E-state index contributed by atoms with van der Waals surface area (Å²) in [7, 11) is 4.31. The van der Waals surface area contributed by atoms with E-state index in [-0.39, 0.29) is 5.54 Å². The molecule has 0 saturated heterocycles. The molecule has 0 spiro atoms. The average Bonchev–Trinajstić information content (AvgIpc) is 3.06. The van der Waals surface area contributed by atoms with Crippen LogP contribution in [0.2, 0.25) is 0 Å². The van der Waals surface area contributed by atoms with Gasteiger partial charge in [-0.1, -0.05) is 12.8 Å². The molecule has 2 aromatic heterocycles. The van der Waals surface area contributed by atoms with Crippen LogP contribution < -0.4 is 5.32 Å². The highest BCUT2D eigenvalue weighted by atomic mass is 15.5. The van der Waals surface area contributed by atoms with Gasteiger partial charge < -0.3 is 10.2 Å². The fourth-order valence-corrected chi connectivity index (χ4v) is 2.87. The Kier molecular flexibility index (Phi) is 3.06. The van der Waals surface area contributed by atoms with Crippen molar-refractivity contribution in [2.45, 2.75) is 31.2 Å². The van der Waals surface area contributed by atoms with E-state index in [1.807, 2.05) is 0 Å². The van der Waals surface area contributed by atoms with Crippen molar-refractivity contribution in [2.24, 2.45) is 0 Å². The number of nitrogens with one attached hydrogen (secondary N) is 1. The zero-order chi connectivity index (χ0) is 13.3. The molecule has 3 rings (SSSR count). The molecule has 7 heteroatoms. The van der Waals surface area contributed by atoms with Crippen LogP contribution in [-0.4, -0.2) is 56.1 Å². The van der Waals surface area contributed by atoms with Crippen LogP contribution in [0.4, 0.5) is 5.82 Å². The summed E-state index contributed by atoms with van der Waals surface area (Å²) in [5, 5.41) is 15.0. The van der Waals surface area contributed by atoms with Crippen LogP contribution in [0.25, 0.3) is 5.65 Å². The van der Waals surface area contributed by atoms with Crippen molar-refractivity contribution in [1.82, 2.24) is 29.9 Å². The molecule has 1 saturated carbocycles. The van der Waals surface area contributed by atoms with Crippen molar-refractivity contribution in [3.8, 4) is 0 Å². The Hall–Kier alpha value is -1.76. The second-order valence-electron chi connectivity index (χ2n) is 5.42. The number of hydrogen-bond donors (Lipinski definition) is 1. The summed E-state index contributed by atoms with van der Waals surface area (Å²) < 4.78 is 1.69. The minimum atomic E-state index is 0.232. The molecule has 0 aromatic carbocycles. The quantitative estimate of drug-likeness (QED) is 0.878. The summed E-state index contributed by atoms with van der Waals surface area (Å²) in [5.41, 5.74) is 0.895. The molecule has 1 aliphatic carbocycles. The van der Waals surface area contributed by atoms with Gasteiger partial charge in [-0.3, -0.25) is 4.98 Å². The maximum atomic E-state index is 4.16. The van der Waals surface area contributed by atoms with E-state index in [0.717, 1.165) is 12.4 Å². The van der Waals surface area contributed by atoms with E-state index in [2.05, 4.69) is 44.8 Å². The number of nitrogens with zero attached hydrogens (tertiary/aromatic N) is 6. The minimum absolute atomic E-state index is 0.232. The van der Waals surface area contributed by atoms with Gasteiger partial charge in [-0.25, -0.2) is 0 Å². The molecule has 7 nitrogen and oxygen atoms in total. The number of anilines is 1. The molecule has 0 unspecified atom stereocenters. The van der Waals surface area contributed by atoms with Gasteiger partial charge in [0.1, 0.15) is 5.82 Å². The van der Waals surface area contributed by atoms with Crippen molar-refractivity contribution in [3.63, 3.8) is 0 Å². The lowest BCUT2D eigenvalue weighted by Gasteiger charge is -2.36. The Morgan fingerprint density at radius 3 is 2.84 bits per heavy atom. The fraction of sp³-hybridized carbons (Fsp3) is 0.667. The van der Waals surface area contributed by atoms with E-state index in [1.165, 1.54) is 25.7 Å². The minimum Gasteiger partial charge on any atom is -0.367 e. The van der Waals surface area contributed by atoms with Crippen molar-refractivity contribution in [1.29, 1.82) is 0 Å². The van der Waals surface area contributed by atoms with Crippen LogP contribution >= 0.6 is 0 Å². The first-order valence-electron chi connectivity index (χ1n) is 6.65. The number of likely N-dealkylation sites (N-methyl/N-ethyl adjacent to an activating group) is 1. The Balaban J connectivity index is 1.80. The van der Waals surface area contributed by atoms with Gasteiger partial charge in [0, 0.05) is 12.1 Å². The van der Waals surface area contributed by atoms with Gasteiger partial charge >= 0.3 is 0 Å². The molecule has 0 aliphatic heterocycles. The summed E-state index contributed by atoms with van der Waals surface area (Å²) in [6.07, 6.45) is 8.47. The second-order valence-corrected chi connectivity index (χ2v) is 5.42. The zero-order valence-electron chi connectivity index (χ0n) is 11.4. The third-order valence-electron chi connectivity index (χ3n) is 4.19. The maximum absolute atomic E-state index is 4.16. The normalized spacial score (nSPS) is 18.3. The zero-order valence-corrected chi connectivity index (χ0v) is 11.4. The molecule has 2 aromatic rings. The Bertz CT molecular complexity index is 556. The summed E-state index contributed by atoms with van der Waals surface area (Å²) in [6, 6.07) is 0.